The van der Waals surface area contributed by atoms with E-state index >= 15 is 0 Å². The van der Waals surface area contributed by atoms with Gasteiger partial charge in [0.25, 0.3) is 5.91 Å². The van der Waals surface area contributed by atoms with Crippen molar-refractivity contribution in [3.05, 3.63) is 35.4 Å². The molecule has 1 fully saturated rings. The topological polar surface area (TPSA) is 49.4 Å². The lowest BCUT2D eigenvalue weighted by molar-refractivity contribution is -0.126. The van der Waals surface area contributed by atoms with Crippen LogP contribution in [0.3, 0.4) is 0 Å². The summed E-state index contributed by atoms with van der Waals surface area (Å²) in [5.74, 6) is -0.200. The Morgan fingerprint density at radius 1 is 1.27 bits per heavy atom. The largest absolute Gasteiger partial charge is 0.324 e. The van der Waals surface area contributed by atoms with Gasteiger partial charge < -0.3 is 5.32 Å². The van der Waals surface area contributed by atoms with Crippen molar-refractivity contribution in [2.75, 3.05) is 7.05 Å². The van der Waals surface area contributed by atoms with E-state index in [-0.39, 0.29) is 11.9 Å². The van der Waals surface area contributed by atoms with Crippen molar-refractivity contribution in [3.8, 4) is 0 Å². The first-order chi connectivity index (χ1) is 7.11. The van der Waals surface area contributed by atoms with E-state index < -0.39 is 6.04 Å². The van der Waals surface area contributed by atoms with Crippen LogP contribution in [0, 0.1) is 6.92 Å². The van der Waals surface area contributed by atoms with Gasteiger partial charge in [0.1, 0.15) is 6.04 Å². The SMILES string of the molecule is Cc1ccccc1C1NC(=O)N(C)C1=O. The third kappa shape index (κ3) is 1.48. The normalized spacial score (nSPS) is 20.7. The first-order valence-corrected chi connectivity index (χ1v) is 4.75. The van der Waals surface area contributed by atoms with Gasteiger partial charge in [0.15, 0.2) is 0 Å². The van der Waals surface area contributed by atoms with Crippen molar-refractivity contribution in [1.82, 2.24) is 10.2 Å². The molecule has 1 aromatic rings. The zero-order valence-corrected chi connectivity index (χ0v) is 8.65. The average molecular weight is 204 g/mol. The maximum Gasteiger partial charge on any atom is 0.324 e. The highest BCUT2D eigenvalue weighted by Gasteiger charge is 2.36. The van der Waals surface area contributed by atoms with E-state index in [0.29, 0.717) is 0 Å². The number of nitrogens with one attached hydrogen (secondary N) is 1. The molecule has 4 heteroatoms. The highest BCUT2D eigenvalue weighted by atomic mass is 16.2. The van der Waals surface area contributed by atoms with Crippen LogP contribution in [0.25, 0.3) is 0 Å². The molecule has 1 aromatic carbocycles. The highest BCUT2D eigenvalue weighted by molar-refractivity contribution is 6.04. The summed E-state index contributed by atoms with van der Waals surface area (Å²) in [5, 5.41) is 2.65. The Bertz CT molecular complexity index is 428. The molecule has 1 aliphatic rings. The summed E-state index contributed by atoms with van der Waals surface area (Å²) in [6, 6.07) is 6.69. The van der Waals surface area contributed by atoms with E-state index in [9.17, 15) is 9.59 Å². The molecular formula is C11H12N2O2. The van der Waals surface area contributed by atoms with Crippen molar-refractivity contribution in [3.63, 3.8) is 0 Å². The fourth-order valence-corrected chi connectivity index (χ4v) is 1.70. The summed E-state index contributed by atoms with van der Waals surface area (Å²) < 4.78 is 0. The van der Waals surface area contributed by atoms with Gasteiger partial charge in [0.2, 0.25) is 0 Å². The van der Waals surface area contributed by atoms with E-state index in [1.165, 1.54) is 7.05 Å². The van der Waals surface area contributed by atoms with Crippen LogP contribution in [0.1, 0.15) is 17.2 Å². The van der Waals surface area contributed by atoms with E-state index in [1.54, 1.807) is 0 Å². The summed E-state index contributed by atoms with van der Waals surface area (Å²) in [6.07, 6.45) is 0. The quantitative estimate of drug-likeness (QED) is 0.699. The van der Waals surface area contributed by atoms with Crippen molar-refractivity contribution in [2.45, 2.75) is 13.0 Å². The lowest BCUT2D eigenvalue weighted by Gasteiger charge is -2.10. The number of imide groups is 1. The Kier molecular flexibility index (Phi) is 2.19. The van der Waals surface area contributed by atoms with Crippen LogP contribution < -0.4 is 5.32 Å². The van der Waals surface area contributed by atoms with Gasteiger partial charge in [-0.3, -0.25) is 9.69 Å². The number of benzene rings is 1. The number of carbonyl (C=O) groups is 2. The third-order valence-electron chi connectivity index (χ3n) is 2.65. The van der Waals surface area contributed by atoms with Crippen LogP contribution in [0.5, 0.6) is 0 Å². The summed E-state index contributed by atoms with van der Waals surface area (Å²) in [4.78, 5) is 24.1. The van der Waals surface area contributed by atoms with E-state index in [4.69, 9.17) is 0 Å². The van der Waals surface area contributed by atoms with Gasteiger partial charge in [0, 0.05) is 7.05 Å². The number of carbonyl (C=O) groups excluding carboxylic acids is 2. The molecule has 0 bridgehead atoms. The molecule has 3 amide bonds. The summed E-state index contributed by atoms with van der Waals surface area (Å²) in [5.41, 5.74) is 1.87. The average Bonchev–Trinajstić information content (AvgIpc) is 2.47. The second-order valence-corrected chi connectivity index (χ2v) is 3.64. The van der Waals surface area contributed by atoms with Crippen LogP contribution in [-0.2, 0) is 4.79 Å². The van der Waals surface area contributed by atoms with Gasteiger partial charge in [-0.25, -0.2) is 4.79 Å². The molecule has 1 aliphatic heterocycles. The Hall–Kier alpha value is -1.84. The lowest BCUT2D eigenvalue weighted by atomic mass is 10.0. The minimum absolute atomic E-state index is 0.200. The Morgan fingerprint density at radius 2 is 1.93 bits per heavy atom. The predicted molar refractivity (Wildman–Crippen MR) is 55.2 cm³/mol. The molecule has 1 heterocycles. The molecule has 2 rings (SSSR count). The Morgan fingerprint density at radius 3 is 2.47 bits per heavy atom. The summed E-state index contributed by atoms with van der Waals surface area (Å²) >= 11 is 0. The highest BCUT2D eigenvalue weighted by Crippen LogP contribution is 2.23. The number of hydrogen-bond donors (Lipinski definition) is 1. The van der Waals surface area contributed by atoms with Crippen LogP contribution >= 0.6 is 0 Å². The maximum absolute atomic E-state index is 11.7. The minimum Gasteiger partial charge on any atom is -0.322 e. The zero-order chi connectivity index (χ0) is 11.0. The van der Waals surface area contributed by atoms with Gasteiger partial charge in [-0.2, -0.15) is 0 Å². The van der Waals surface area contributed by atoms with Gasteiger partial charge in [-0.1, -0.05) is 24.3 Å². The molecule has 15 heavy (non-hydrogen) atoms. The molecule has 1 atom stereocenters. The number of urea groups is 1. The second kappa shape index (κ2) is 3.38. The van der Waals surface area contributed by atoms with Crippen LogP contribution in [0.4, 0.5) is 4.79 Å². The number of amides is 3. The fourth-order valence-electron chi connectivity index (χ4n) is 1.70. The van der Waals surface area contributed by atoms with E-state index in [2.05, 4.69) is 5.32 Å². The van der Waals surface area contributed by atoms with E-state index in [1.807, 2.05) is 31.2 Å². The van der Waals surface area contributed by atoms with Crippen LogP contribution in [0.15, 0.2) is 24.3 Å². The molecule has 0 saturated carbocycles. The Labute approximate surface area is 87.9 Å². The number of rotatable bonds is 1. The zero-order valence-electron chi connectivity index (χ0n) is 8.65. The minimum atomic E-state index is -0.524. The van der Waals surface area contributed by atoms with Crippen LogP contribution in [0.2, 0.25) is 0 Å². The number of likely N-dealkylation sites (N-methyl/N-ethyl adjacent to an activating group) is 1. The molecule has 0 aromatic heterocycles. The molecule has 1 unspecified atom stereocenters. The summed E-state index contributed by atoms with van der Waals surface area (Å²) in [6.45, 7) is 1.92. The molecule has 0 radical (unpaired) electrons. The number of nitrogens with zero attached hydrogens (tertiary/aromatic N) is 1. The molecule has 0 spiro atoms. The first kappa shape index (κ1) is 9.71. The standard InChI is InChI=1S/C11H12N2O2/c1-7-5-3-4-6-8(7)9-10(14)13(2)11(15)12-9/h3-6,9H,1-2H3,(H,12,15). The Balaban J connectivity index is 2.38. The van der Waals surface area contributed by atoms with Crippen molar-refractivity contribution in [2.24, 2.45) is 0 Å². The lowest BCUT2D eigenvalue weighted by Crippen LogP contribution is -2.25. The molecule has 78 valence electrons. The second-order valence-electron chi connectivity index (χ2n) is 3.64. The van der Waals surface area contributed by atoms with Gasteiger partial charge >= 0.3 is 6.03 Å². The predicted octanol–water partition coefficient (Wildman–Crippen LogP) is 1.22. The molecule has 0 aliphatic carbocycles. The van der Waals surface area contributed by atoms with E-state index in [0.717, 1.165) is 16.0 Å². The molecular weight excluding hydrogens is 192 g/mol. The molecule has 4 nitrogen and oxygen atoms in total. The molecule has 1 N–H and O–H groups in total. The fraction of sp³-hybridized carbons (Fsp3) is 0.273. The van der Waals surface area contributed by atoms with Crippen molar-refractivity contribution >= 4 is 11.9 Å². The van der Waals surface area contributed by atoms with Gasteiger partial charge in [-0.15, -0.1) is 0 Å². The molecule has 1 saturated heterocycles. The first-order valence-electron chi connectivity index (χ1n) is 4.75. The van der Waals surface area contributed by atoms with Gasteiger partial charge in [0.05, 0.1) is 0 Å². The van der Waals surface area contributed by atoms with Crippen molar-refractivity contribution in [1.29, 1.82) is 0 Å². The number of aryl methyl sites for hydroxylation is 1. The van der Waals surface area contributed by atoms with Crippen LogP contribution in [-0.4, -0.2) is 23.9 Å². The monoisotopic (exact) mass is 204 g/mol. The third-order valence-corrected chi connectivity index (χ3v) is 2.65. The smallest absolute Gasteiger partial charge is 0.322 e. The van der Waals surface area contributed by atoms with Crippen molar-refractivity contribution < 1.29 is 9.59 Å². The number of hydrogen-bond acceptors (Lipinski definition) is 2. The maximum atomic E-state index is 11.7. The summed E-state index contributed by atoms with van der Waals surface area (Å²) in [7, 11) is 1.48. The van der Waals surface area contributed by atoms with Gasteiger partial charge in [-0.05, 0) is 18.1 Å².